The van der Waals surface area contributed by atoms with Crippen molar-refractivity contribution >= 4 is 0 Å². The number of ether oxygens (including phenoxy) is 1. The van der Waals surface area contributed by atoms with Crippen molar-refractivity contribution in [1.82, 2.24) is 0 Å². The molecule has 0 aromatic heterocycles. The van der Waals surface area contributed by atoms with Crippen LogP contribution in [0.2, 0.25) is 0 Å². The van der Waals surface area contributed by atoms with Crippen molar-refractivity contribution in [3.63, 3.8) is 0 Å². The summed E-state index contributed by atoms with van der Waals surface area (Å²) in [5, 5.41) is 9.94. The Morgan fingerprint density at radius 2 is 1.67 bits per heavy atom. The molecular weight excluding hydrogens is 226 g/mol. The van der Waals surface area contributed by atoms with Crippen LogP contribution in [0.4, 0.5) is 0 Å². The lowest BCUT2D eigenvalue weighted by molar-refractivity contribution is 0.108. The minimum atomic E-state index is -0.611. The van der Waals surface area contributed by atoms with Crippen molar-refractivity contribution in [3.05, 3.63) is 65.7 Å². The number of aliphatic hydroxyl groups is 1. The number of hydrogen-bond donors (Lipinski definition) is 2. The summed E-state index contributed by atoms with van der Waals surface area (Å²) in [6.45, 7) is 0.763. The molecule has 0 saturated carbocycles. The van der Waals surface area contributed by atoms with Crippen molar-refractivity contribution in [2.75, 3.05) is 6.61 Å². The second-order valence-electron chi connectivity index (χ2n) is 4.09. The Balaban J connectivity index is 1.91. The van der Waals surface area contributed by atoms with Crippen LogP contribution < -0.4 is 10.5 Å². The highest BCUT2D eigenvalue weighted by Crippen LogP contribution is 2.16. The summed E-state index contributed by atoms with van der Waals surface area (Å²) in [6, 6.07) is 17.0. The maximum atomic E-state index is 9.94. The van der Waals surface area contributed by atoms with Crippen LogP contribution in [0.3, 0.4) is 0 Å². The molecule has 3 nitrogen and oxygen atoms in total. The normalized spacial score (nSPS) is 12.1. The van der Waals surface area contributed by atoms with Crippen molar-refractivity contribution in [1.29, 1.82) is 0 Å². The van der Waals surface area contributed by atoms with E-state index in [1.165, 1.54) is 0 Å². The maximum absolute atomic E-state index is 9.94. The fraction of sp³-hybridized carbons (Fsp3) is 0.200. The first-order chi connectivity index (χ1) is 8.79. The van der Waals surface area contributed by atoms with Crippen LogP contribution >= 0.6 is 0 Å². The smallest absolute Gasteiger partial charge is 0.119 e. The van der Waals surface area contributed by atoms with Crippen molar-refractivity contribution < 1.29 is 9.84 Å². The molecule has 0 saturated heterocycles. The first-order valence-electron chi connectivity index (χ1n) is 5.94. The van der Waals surface area contributed by atoms with Gasteiger partial charge in [-0.3, -0.25) is 0 Å². The quantitative estimate of drug-likeness (QED) is 0.847. The molecule has 0 amide bonds. The minimum absolute atomic E-state index is 0.242. The van der Waals surface area contributed by atoms with Gasteiger partial charge in [0, 0.05) is 6.54 Å². The fourth-order valence-electron chi connectivity index (χ4n) is 1.67. The number of hydrogen-bond acceptors (Lipinski definition) is 3. The molecule has 2 rings (SSSR count). The summed E-state index contributed by atoms with van der Waals surface area (Å²) in [5.41, 5.74) is 7.44. The zero-order valence-electron chi connectivity index (χ0n) is 10.1. The highest BCUT2D eigenvalue weighted by atomic mass is 16.5. The van der Waals surface area contributed by atoms with Crippen LogP contribution in [-0.4, -0.2) is 11.7 Å². The standard InChI is InChI=1S/C15H17NO2/c16-10-12-6-8-14(9-7-12)18-11-15(17)13-4-2-1-3-5-13/h1-9,15,17H,10-11,16H2. The SMILES string of the molecule is NCc1ccc(OCC(O)c2ccccc2)cc1. The minimum Gasteiger partial charge on any atom is -0.491 e. The second kappa shape index (κ2) is 6.19. The predicted molar refractivity (Wildman–Crippen MR) is 71.2 cm³/mol. The molecule has 3 N–H and O–H groups in total. The van der Waals surface area contributed by atoms with E-state index >= 15 is 0 Å². The van der Waals surface area contributed by atoms with Gasteiger partial charge in [-0.25, -0.2) is 0 Å². The summed E-state index contributed by atoms with van der Waals surface area (Å²) in [5.74, 6) is 0.738. The predicted octanol–water partition coefficient (Wildman–Crippen LogP) is 2.26. The molecular formula is C15H17NO2. The molecule has 3 heteroatoms. The van der Waals surface area contributed by atoms with E-state index < -0.39 is 6.10 Å². The van der Waals surface area contributed by atoms with Crippen LogP contribution in [0.15, 0.2) is 54.6 Å². The Morgan fingerprint density at radius 1 is 1.00 bits per heavy atom. The van der Waals surface area contributed by atoms with Crippen LogP contribution in [0.25, 0.3) is 0 Å². The van der Waals surface area contributed by atoms with Gasteiger partial charge < -0.3 is 15.6 Å². The molecule has 0 aliphatic rings. The fourth-order valence-corrected chi connectivity index (χ4v) is 1.67. The van der Waals surface area contributed by atoms with Crippen LogP contribution in [0.1, 0.15) is 17.2 Å². The van der Waals surface area contributed by atoms with Gasteiger partial charge in [-0.15, -0.1) is 0 Å². The molecule has 0 aliphatic carbocycles. The lowest BCUT2D eigenvalue weighted by atomic mass is 10.1. The first kappa shape index (κ1) is 12.6. The van der Waals surface area contributed by atoms with Gasteiger partial charge in [0.15, 0.2) is 0 Å². The Morgan fingerprint density at radius 3 is 2.28 bits per heavy atom. The molecule has 1 unspecified atom stereocenters. The molecule has 94 valence electrons. The third-order valence-corrected chi connectivity index (χ3v) is 2.75. The van der Waals surface area contributed by atoms with Crippen molar-refractivity contribution in [2.45, 2.75) is 12.6 Å². The molecule has 0 bridgehead atoms. The Hall–Kier alpha value is -1.84. The average Bonchev–Trinajstić information content (AvgIpc) is 2.46. The highest BCUT2D eigenvalue weighted by molar-refractivity contribution is 5.27. The topological polar surface area (TPSA) is 55.5 Å². The van der Waals surface area contributed by atoms with E-state index in [2.05, 4.69) is 0 Å². The molecule has 0 heterocycles. The maximum Gasteiger partial charge on any atom is 0.119 e. The van der Waals surface area contributed by atoms with E-state index in [0.29, 0.717) is 6.54 Å². The zero-order chi connectivity index (χ0) is 12.8. The van der Waals surface area contributed by atoms with Crippen molar-refractivity contribution in [2.24, 2.45) is 5.73 Å². The summed E-state index contributed by atoms with van der Waals surface area (Å²) in [4.78, 5) is 0. The van der Waals surface area contributed by atoms with E-state index in [0.717, 1.165) is 16.9 Å². The molecule has 18 heavy (non-hydrogen) atoms. The van der Waals surface area contributed by atoms with E-state index in [1.807, 2.05) is 54.6 Å². The van der Waals surface area contributed by atoms with E-state index in [4.69, 9.17) is 10.5 Å². The Kier molecular flexibility index (Phi) is 4.34. The molecule has 1 atom stereocenters. The number of rotatable bonds is 5. The zero-order valence-corrected chi connectivity index (χ0v) is 10.1. The van der Waals surface area contributed by atoms with E-state index in [-0.39, 0.29) is 6.61 Å². The summed E-state index contributed by atoms with van der Waals surface area (Å²) in [7, 11) is 0. The van der Waals surface area contributed by atoms with Crippen LogP contribution in [-0.2, 0) is 6.54 Å². The molecule has 0 fully saturated rings. The summed E-state index contributed by atoms with van der Waals surface area (Å²) < 4.78 is 5.53. The molecule has 2 aromatic rings. The Bertz CT molecular complexity index is 468. The van der Waals surface area contributed by atoms with Crippen LogP contribution in [0, 0.1) is 0 Å². The van der Waals surface area contributed by atoms with Crippen LogP contribution in [0.5, 0.6) is 5.75 Å². The van der Waals surface area contributed by atoms with Gasteiger partial charge >= 0.3 is 0 Å². The highest BCUT2D eigenvalue weighted by Gasteiger charge is 2.07. The first-order valence-corrected chi connectivity index (χ1v) is 5.94. The lowest BCUT2D eigenvalue weighted by Crippen LogP contribution is -2.09. The van der Waals surface area contributed by atoms with Crippen molar-refractivity contribution in [3.8, 4) is 5.75 Å². The second-order valence-corrected chi connectivity index (χ2v) is 4.09. The Labute approximate surface area is 107 Å². The van der Waals surface area contributed by atoms with Gasteiger partial charge in [0.25, 0.3) is 0 Å². The van der Waals surface area contributed by atoms with E-state index in [9.17, 15) is 5.11 Å². The van der Waals surface area contributed by atoms with Gasteiger partial charge in [0.2, 0.25) is 0 Å². The molecule has 0 aliphatic heterocycles. The third kappa shape index (κ3) is 3.32. The van der Waals surface area contributed by atoms with Gasteiger partial charge in [-0.05, 0) is 23.3 Å². The van der Waals surface area contributed by atoms with E-state index in [1.54, 1.807) is 0 Å². The molecule has 0 radical (unpaired) electrons. The number of benzene rings is 2. The number of nitrogens with two attached hydrogens (primary N) is 1. The monoisotopic (exact) mass is 243 g/mol. The summed E-state index contributed by atoms with van der Waals surface area (Å²) in [6.07, 6.45) is -0.611. The number of aliphatic hydroxyl groups excluding tert-OH is 1. The lowest BCUT2D eigenvalue weighted by Gasteiger charge is -2.12. The summed E-state index contributed by atoms with van der Waals surface area (Å²) >= 11 is 0. The van der Waals surface area contributed by atoms with Gasteiger partial charge in [0.1, 0.15) is 18.5 Å². The van der Waals surface area contributed by atoms with Gasteiger partial charge in [-0.1, -0.05) is 42.5 Å². The average molecular weight is 243 g/mol. The largest absolute Gasteiger partial charge is 0.491 e. The third-order valence-electron chi connectivity index (χ3n) is 2.75. The molecule has 2 aromatic carbocycles. The van der Waals surface area contributed by atoms with Gasteiger partial charge in [-0.2, -0.15) is 0 Å². The molecule has 0 spiro atoms. The van der Waals surface area contributed by atoms with Gasteiger partial charge in [0.05, 0.1) is 0 Å².